The highest BCUT2D eigenvalue weighted by Gasteiger charge is 2.32. The molecule has 1 aliphatic rings. The number of nitrogens with one attached hydrogen (secondary N) is 1. The standard InChI is InChI=1S/C15H31BN2O4/c17-15(14(19)20,9-4-5-11-16(21)22)10-6-12-18-13-7-2-1-3-8-13/h13,18,21-22H,1-12,17H2,(H,19,20). The molecule has 7 heteroatoms. The Bertz CT molecular complexity index is 325. The Morgan fingerprint density at radius 3 is 2.36 bits per heavy atom. The number of aliphatic carboxylic acids is 1. The van der Waals surface area contributed by atoms with E-state index in [-0.39, 0.29) is 6.32 Å². The fourth-order valence-electron chi connectivity index (χ4n) is 3.12. The van der Waals surface area contributed by atoms with Crippen molar-refractivity contribution in [3.8, 4) is 0 Å². The van der Waals surface area contributed by atoms with E-state index in [2.05, 4.69) is 5.32 Å². The van der Waals surface area contributed by atoms with E-state index in [4.69, 9.17) is 15.8 Å². The molecule has 0 amide bonds. The molecule has 6 nitrogen and oxygen atoms in total. The molecule has 0 spiro atoms. The van der Waals surface area contributed by atoms with Gasteiger partial charge >= 0.3 is 13.1 Å². The quantitative estimate of drug-likeness (QED) is 0.288. The van der Waals surface area contributed by atoms with E-state index < -0.39 is 18.6 Å². The SMILES string of the molecule is NC(CCCCB(O)O)(CCCNC1CCCCC1)C(=O)O. The summed E-state index contributed by atoms with van der Waals surface area (Å²) in [5, 5.41) is 30.4. The Balaban J connectivity index is 2.22. The third-order valence-electron chi connectivity index (χ3n) is 4.60. The number of carbonyl (C=O) groups is 1. The largest absolute Gasteiger partial charge is 0.480 e. The summed E-state index contributed by atoms with van der Waals surface area (Å²) in [5.41, 5.74) is 4.82. The van der Waals surface area contributed by atoms with E-state index in [1.165, 1.54) is 32.1 Å². The van der Waals surface area contributed by atoms with E-state index >= 15 is 0 Å². The molecule has 0 saturated heterocycles. The molecule has 22 heavy (non-hydrogen) atoms. The second-order valence-electron chi connectivity index (χ2n) is 6.58. The van der Waals surface area contributed by atoms with Gasteiger partial charge in [-0.3, -0.25) is 4.79 Å². The fourth-order valence-corrected chi connectivity index (χ4v) is 3.12. The molecule has 6 N–H and O–H groups in total. The normalized spacial score (nSPS) is 18.9. The first-order valence-electron chi connectivity index (χ1n) is 8.56. The smallest absolute Gasteiger partial charge is 0.451 e. The lowest BCUT2D eigenvalue weighted by Gasteiger charge is -2.26. The van der Waals surface area contributed by atoms with Gasteiger partial charge in [0, 0.05) is 6.04 Å². The van der Waals surface area contributed by atoms with Crippen LogP contribution in [0.25, 0.3) is 0 Å². The van der Waals surface area contributed by atoms with Gasteiger partial charge in [0.1, 0.15) is 5.54 Å². The van der Waals surface area contributed by atoms with Crippen molar-refractivity contribution in [2.75, 3.05) is 6.54 Å². The summed E-state index contributed by atoms with van der Waals surface area (Å²) in [6.07, 6.45) is 9.33. The van der Waals surface area contributed by atoms with Crippen molar-refractivity contribution in [2.24, 2.45) is 5.73 Å². The van der Waals surface area contributed by atoms with Gasteiger partial charge in [-0.05, 0) is 45.0 Å². The van der Waals surface area contributed by atoms with Crippen LogP contribution in [-0.4, -0.2) is 46.4 Å². The maximum absolute atomic E-state index is 11.4. The molecule has 0 aliphatic heterocycles. The summed E-state index contributed by atoms with van der Waals surface area (Å²) >= 11 is 0. The minimum absolute atomic E-state index is 0.263. The zero-order valence-corrected chi connectivity index (χ0v) is 13.5. The van der Waals surface area contributed by atoms with Crippen LogP contribution in [0.1, 0.15) is 64.2 Å². The van der Waals surface area contributed by atoms with Gasteiger partial charge in [0.15, 0.2) is 0 Å². The van der Waals surface area contributed by atoms with Crippen molar-refractivity contribution in [1.82, 2.24) is 5.32 Å². The number of unbranched alkanes of at least 4 members (excludes halogenated alkanes) is 1. The number of hydrogen-bond donors (Lipinski definition) is 5. The van der Waals surface area contributed by atoms with Crippen molar-refractivity contribution in [2.45, 2.75) is 82.1 Å². The van der Waals surface area contributed by atoms with Crippen LogP contribution >= 0.6 is 0 Å². The van der Waals surface area contributed by atoms with Crippen LogP contribution in [0.2, 0.25) is 6.32 Å². The number of carboxylic acid groups (broad SMARTS) is 1. The minimum atomic E-state index is -1.32. The van der Waals surface area contributed by atoms with Crippen LogP contribution < -0.4 is 11.1 Å². The van der Waals surface area contributed by atoms with Crippen LogP contribution in [0, 0.1) is 0 Å². The van der Waals surface area contributed by atoms with Crippen molar-refractivity contribution < 1.29 is 19.9 Å². The van der Waals surface area contributed by atoms with Crippen LogP contribution in [-0.2, 0) is 4.79 Å². The third-order valence-corrected chi connectivity index (χ3v) is 4.60. The first kappa shape index (κ1) is 19.4. The van der Waals surface area contributed by atoms with Gasteiger partial charge in [-0.2, -0.15) is 0 Å². The lowest BCUT2D eigenvalue weighted by atomic mass is 9.81. The van der Waals surface area contributed by atoms with Gasteiger partial charge in [0.2, 0.25) is 0 Å². The zero-order chi connectivity index (χ0) is 16.4. The topological polar surface area (TPSA) is 116 Å². The summed E-state index contributed by atoms with van der Waals surface area (Å²) < 4.78 is 0. The van der Waals surface area contributed by atoms with Crippen LogP contribution in [0.15, 0.2) is 0 Å². The number of hydrogen-bond acceptors (Lipinski definition) is 5. The Kier molecular flexibility index (Phi) is 9.01. The predicted octanol–water partition coefficient (Wildman–Crippen LogP) is 1.11. The maximum atomic E-state index is 11.4. The van der Waals surface area contributed by atoms with E-state index in [0.717, 1.165) is 13.0 Å². The summed E-state index contributed by atoms with van der Waals surface area (Å²) in [6.45, 7) is 0.812. The predicted molar refractivity (Wildman–Crippen MR) is 87.5 cm³/mol. The molecular formula is C15H31BN2O4. The van der Waals surface area contributed by atoms with Gasteiger partial charge in [-0.15, -0.1) is 0 Å². The third kappa shape index (κ3) is 7.58. The summed E-state index contributed by atoms with van der Waals surface area (Å²) in [5.74, 6) is -0.963. The molecule has 0 aromatic rings. The van der Waals surface area contributed by atoms with Gasteiger partial charge in [0.05, 0.1) is 0 Å². The van der Waals surface area contributed by atoms with Gasteiger partial charge in [-0.1, -0.05) is 32.1 Å². The molecule has 0 heterocycles. The molecule has 1 aliphatic carbocycles. The minimum Gasteiger partial charge on any atom is -0.480 e. The molecule has 0 bridgehead atoms. The summed E-state index contributed by atoms with van der Waals surface area (Å²) in [7, 11) is -1.32. The van der Waals surface area contributed by atoms with Crippen LogP contribution in [0.4, 0.5) is 0 Å². The molecule has 1 saturated carbocycles. The molecule has 0 radical (unpaired) electrons. The Morgan fingerprint density at radius 2 is 1.77 bits per heavy atom. The average Bonchev–Trinajstić information content (AvgIpc) is 2.49. The first-order valence-corrected chi connectivity index (χ1v) is 8.56. The van der Waals surface area contributed by atoms with Crippen molar-refractivity contribution in [3.05, 3.63) is 0 Å². The molecule has 1 rings (SSSR count). The molecule has 128 valence electrons. The Hall–Kier alpha value is -0.625. The molecule has 0 aromatic carbocycles. The molecule has 0 aromatic heterocycles. The van der Waals surface area contributed by atoms with E-state index in [0.29, 0.717) is 31.7 Å². The van der Waals surface area contributed by atoms with E-state index in [1.807, 2.05) is 0 Å². The summed E-state index contributed by atoms with van der Waals surface area (Å²) in [6, 6.07) is 0.580. The van der Waals surface area contributed by atoms with Crippen molar-refractivity contribution >= 4 is 13.1 Å². The van der Waals surface area contributed by atoms with E-state index in [9.17, 15) is 9.90 Å². The summed E-state index contributed by atoms with van der Waals surface area (Å²) in [4.78, 5) is 11.4. The number of nitrogens with two attached hydrogens (primary N) is 1. The second-order valence-corrected chi connectivity index (χ2v) is 6.58. The number of carboxylic acids is 1. The van der Waals surface area contributed by atoms with Crippen molar-refractivity contribution in [3.63, 3.8) is 0 Å². The van der Waals surface area contributed by atoms with Gasteiger partial charge in [-0.25, -0.2) is 0 Å². The number of rotatable bonds is 11. The lowest BCUT2D eigenvalue weighted by Crippen LogP contribution is -2.48. The molecular weight excluding hydrogens is 283 g/mol. The molecule has 1 unspecified atom stereocenters. The highest BCUT2D eigenvalue weighted by Crippen LogP contribution is 2.20. The highest BCUT2D eigenvalue weighted by atomic mass is 16.4. The van der Waals surface area contributed by atoms with Gasteiger partial charge in [0.25, 0.3) is 0 Å². The maximum Gasteiger partial charge on any atom is 0.451 e. The highest BCUT2D eigenvalue weighted by molar-refractivity contribution is 6.40. The van der Waals surface area contributed by atoms with Crippen LogP contribution in [0.3, 0.4) is 0 Å². The Morgan fingerprint density at radius 1 is 1.14 bits per heavy atom. The molecule has 1 atom stereocenters. The van der Waals surface area contributed by atoms with Gasteiger partial charge < -0.3 is 26.2 Å². The zero-order valence-electron chi connectivity index (χ0n) is 13.5. The second kappa shape index (κ2) is 10.2. The lowest BCUT2D eigenvalue weighted by molar-refractivity contribution is -0.144. The monoisotopic (exact) mass is 314 g/mol. The average molecular weight is 314 g/mol. The first-order chi connectivity index (χ1) is 10.4. The van der Waals surface area contributed by atoms with Crippen LogP contribution in [0.5, 0.6) is 0 Å². The molecule has 1 fully saturated rings. The Labute approximate surface area is 133 Å². The van der Waals surface area contributed by atoms with E-state index in [1.54, 1.807) is 0 Å². The van der Waals surface area contributed by atoms with Crippen molar-refractivity contribution in [1.29, 1.82) is 0 Å². The fraction of sp³-hybridized carbons (Fsp3) is 0.933.